The van der Waals surface area contributed by atoms with Crippen LogP contribution in [0, 0.1) is 0 Å². The molecule has 4 N–H and O–H groups in total. The maximum atomic E-state index is 11.4. The quantitative estimate of drug-likeness (QED) is 0.710. The van der Waals surface area contributed by atoms with Gasteiger partial charge in [0.05, 0.1) is 12.7 Å². The summed E-state index contributed by atoms with van der Waals surface area (Å²) in [6.07, 6.45) is -0.289. The molecular formula is C14H19N3O3S. The van der Waals surface area contributed by atoms with E-state index in [0.29, 0.717) is 24.7 Å². The molecule has 114 valence electrons. The Kier molecular flexibility index (Phi) is 4.98. The first-order chi connectivity index (χ1) is 10.0. The molecule has 0 aromatic heterocycles. The average Bonchev–Trinajstić information content (AvgIpc) is 2.84. The Bertz CT molecular complexity index is 521. The highest BCUT2D eigenvalue weighted by atomic mass is 32.1. The monoisotopic (exact) mass is 309 g/mol. The Labute approximate surface area is 128 Å². The van der Waals surface area contributed by atoms with Gasteiger partial charge in [0.2, 0.25) is 5.91 Å². The van der Waals surface area contributed by atoms with Crippen LogP contribution >= 0.6 is 12.2 Å². The zero-order valence-electron chi connectivity index (χ0n) is 11.8. The Balaban J connectivity index is 2.01. The van der Waals surface area contributed by atoms with Crippen LogP contribution in [0.4, 0.5) is 5.69 Å². The minimum atomic E-state index is -0.595. The third-order valence-corrected chi connectivity index (χ3v) is 3.62. The van der Waals surface area contributed by atoms with Gasteiger partial charge in [-0.2, -0.15) is 0 Å². The largest absolute Gasteiger partial charge is 0.494 e. The number of hydrogen-bond donors (Lipinski definition) is 3. The van der Waals surface area contributed by atoms with Crippen molar-refractivity contribution in [3.8, 4) is 5.75 Å². The van der Waals surface area contributed by atoms with Gasteiger partial charge in [-0.05, 0) is 43.4 Å². The summed E-state index contributed by atoms with van der Waals surface area (Å²) in [4.78, 5) is 13.0. The number of carbonyl (C=O) groups is 1. The van der Waals surface area contributed by atoms with Crippen molar-refractivity contribution in [2.24, 2.45) is 5.73 Å². The minimum Gasteiger partial charge on any atom is -0.494 e. The van der Waals surface area contributed by atoms with E-state index < -0.39 is 18.1 Å². The van der Waals surface area contributed by atoms with Gasteiger partial charge in [-0.15, -0.1) is 0 Å². The fourth-order valence-corrected chi connectivity index (χ4v) is 2.62. The molecule has 1 saturated heterocycles. The van der Waals surface area contributed by atoms with Crippen LogP contribution in [0.1, 0.15) is 13.3 Å². The smallest absolute Gasteiger partial charge is 0.240 e. The molecule has 0 aliphatic carbocycles. The van der Waals surface area contributed by atoms with Gasteiger partial charge in [-0.3, -0.25) is 4.79 Å². The highest BCUT2D eigenvalue weighted by Gasteiger charge is 2.36. The third kappa shape index (κ3) is 3.83. The number of carbonyl (C=O) groups excluding carboxylic acids is 1. The summed E-state index contributed by atoms with van der Waals surface area (Å²) in [5.74, 6) is 0.294. The van der Waals surface area contributed by atoms with Crippen molar-refractivity contribution >= 4 is 28.9 Å². The van der Waals surface area contributed by atoms with Crippen molar-refractivity contribution in [1.82, 2.24) is 4.90 Å². The van der Waals surface area contributed by atoms with Crippen LogP contribution in [0.15, 0.2) is 24.3 Å². The van der Waals surface area contributed by atoms with Gasteiger partial charge in [-0.25, -0.2) is 0 Å². The third-order valence-electron chi connectivity index (χ3n) is 3.28. The van der Waals surface area contributed by atoms with Crippen molar-refractivity contribution < 1.29 is 14.6 Å². The molecule has 1 aromatic rings. The van der Waals surface area contributed by atoms with Crippen molar-refractivity contribution in [3.05, 3.63) is 24.3 Å². The summed E-state index contributed by atoms with van der Waals surface area (Å²) in [5.41, 5.74) is 6.12. The number of primary amides is 1. The van der Waals surface area contributed by atoms with E-state index in [9.17, 15) is 9.90 Å². The number of amides is 1. The maximum Gasteiger partial charge on any atom is 0.240 e. The SMILES string of the molecule is CCOc1ccc(NC(=S)N2C[C@H](O)C[C@H]2C(N)=O)cc1. The molecule has 0 bridgehead atoms. The number of thiocarbonyl (C=S) groups is 1. The lowest BCUT2D eigenvalue weighted by Crippen LogP contribution is -2.45. The number of aliphatic hydroxyl groups is 1. The Morgan fingerprint density at radius 3 is 2.76 bits per heavy atom. The minimum absolute atomic E-state index is 0.302. The second-order valence-corrected chi connectivity index (χ2v) is 5.23. The lowest BCUT2D eigenvalue weighted by Gasteiger charge is -2.25. The molecule has 1 aliphatic rings. The van der Waals surface area contributed by atoms with Gasteiger partial charge in [0.25, 0.3) is 0 Å². The fraction of sp³-hybridized carbons (Fsp3) is 0.429. The topological polar surface area (TPSA) is 87.8 Å². The van der Waals surface area contributed by atoms with Crippen LogP contribution in [0.5, 0.6) is 5.75 Å². The molecule has 1 aromatic carbocycles. The first kappa shape index (κ1) is 15.5. The number of rotatable bonds is 4. The lowest BCUT2D eigenvalue weighted by molar-refractivity contribution is -0.121. The molecular weight excluding hydrogens is 290 g/mol. The number of benzene rings is 1. The first-order valence-electron chi connectivity index (χ1n) is 6.79. The van der Waals surface area contributed by atoms with Gasteiger partial charge in [0, 0.05) is 18.7 Å². The Morgan fingerprint density at radius 1 is 1.52 bits per heavy atom. The molecule has 1 fully saturated rings. The standard InChI is InChI=1S/C14H19N3O3S/c1-2-20-11-5-3-9(4-6-11)16-14(21)17-8-10(18)7-12(17)13(15)19/h3-6,10,12,18H,2,7-8H2,1H3,(H2,15,19)(H,16,21)/t10-,12+/m1/s1. The van der Waals surface area contributed by atoms with Crippen LogP contribution in [0.25, 0.3) is 0 Å². The lowest BCUT2D eigenvalue weighted by atomic mass is 10.2. The number of hydrogen-bond acceptors (Lipinski definition) is 4. The van der Waals surface area contributed by atoms with Crippen LogP contribution in [-0.4, -0.2) is 46.3 Å². The molecule has 2 rings (SSSR count). The van der Waals surface area contributed by atoms with Crippen molar-refractivity contribution in [2.75, 3.05) is 18.5 Å². The summed E-state index contributed by atoms with van der Waals surface area (Å²) in [7, 11) is 0. The van der Waals surface area contributed by atoms with E-state index in [4.69, 9.17) is 22.7 Å². The van der Waals surface area contributed by atoms with Gasteiger partial charge in [-0.1, -0.05) is 0 Å². The number of aliphatic hydroxyl groups excluding tert-OH is 1. The Morgan fingerprint density at radius 2 is 2.19 bits per heavy atom. The van der Waals surface area contributed by atoms with Gasteiger partial charge in [0.15, 0.2) is 5.11 Å². The molecule has 0 radical (unpaired) electrons. The fourth-order valence-electron chi connectivity index (χ4n) is 2.30. The van der Waals surface area contributed by atoms with Gasteiger partial charge < -0.3 is 25.8 Å². The maximum absolute atomic E-state index is 11.4. The molecule has 0 unspecified atom stereocenters. The number of nitrogens with zero attached hydrogens (tertiary/aromatic N) is 1. The highest BCUT2D eigenvalue weighted by Crippen LogP contribution is 2.21. The molecule has 0 saturated carbocycles. The predicted molar refractivity (Wildman–Crippen MR) is 84.1 cm³/mol. The van der Waals surface area contributed by atoms with Crippen LogP contribution in [-0.2, 0) is 4.79 Å². The Hall–Kier alpha value is -1.86. The second kappa shape index (κ2) is 6.73. The van der Waals surface area contributed by atoms with E-state index in [2.05, 4.69) is 5.32 Å². The molecule has 2 atom stereocenters. The van der Waals surface area contributed by atoms with Crippen molar-refractivity contribution in [1.29, 1.82) is 0 Å². The van der Waals surface area contributed by atoms with Crippen LogP contribution < -0.4 is 15.8 Å². The van der Waals surface area contributed by atoms with Crippen molar-refractivity contribution in [2.45, 2.75) is 25.5 Å². The number of nitrogens with one attached hydrogen (secondary N) is 1. The number of likely N-dealkylation sites (tertiary alicyclic amines) is 1. The zero-order valence-corrected chi connectivity index (χ0v) is 12.6. The van der Waals surface area contributed by atoms with Crippen LogP contribution in [0.2, 0.25) is 0 Å². The summed E-state index contributed by atoms with van der Waals surface area (Å²) >= 11 is 5.29. The average molecular weight is 309 g/mol. The number of ether oxygens (including phenoxy) is 1. The van der Waals surface area contributed by atoms with Gasteiger partial charge >= 0.3 is 0 Å². The molecule has 21 heavy (non-hydrogen) atoms. The normalized spacial score (nSPS) is 21.1. The summed E-state index contributed by atoms with van der Waals surface area (Å²) in [6.45, 7) is 2.83. The summed E-state index contributed by atoms with van der Waals surface area (Å²) in [6, 6.07) is 6.77. The summed E-state index contributed by atoms with van der Waals surface area (Å²) in [5, 5.41) is 13.1. The van der Waals surface area contributed by atoms with E-state index in [0.717, 1.165) is 11.4 Å². The number of β-amino-alcohol motifs (C(OH)–C–C–N with tert-alkyl or cyclic N) is 1. The molecule has 0 spiro atoms. The number of anilines is 1. The van der Waals surface area contributed by atoms with Crippen molar-refractivity contribution in [3.63, 3.8) is 0 Å². The predicted octanol–water partition coefficient (Wildman–Crippen LogP) is 0.703. The highest BCUT2D eigenvalue weighted by molar-refractivity contribution is 7.80. The van der Waals surface area contributed by atoms with E-state index in [1.807, 2.05) is 31.2 Å². The van der Waals surface area contributed by atoms with E-state index >= 15 is 0 Å². The molecule has 1 aliphatic heterocycles. The van der Waals surface area contributed by atoms with Crippen LogP contribution in [0.3, 0.4) is 0 Å². The molecule has 1 amide bonds. The van der Waals surface area contributed by atoms with E-state index in [1.54, 1.807) is 4.90 Å². The van der Waals surface area contributed by atoms with E-state index in [1.165, 1.54) is 0 Å². The number of nitrogens with two attached hydrogens (primary N) is 1. The summed E-state index contributed by atoms with van der Waals surface area (Å²) < 4.78 is 5.36. The molecule has 1 heterocycles. The second-order valence-electron chi connectivity index (χ2n) is 4.85. The molecule has 7 heteroatoms. The molecule has 6 nitrogen and oxygen atoms in total. The zero-order chi connectivity index (χ0) is 15.4. The van der Waals surface area contributed by atoms with Gasteiger partial charge in [0.1, 0.15) is 11.8 Å². The first-order valence-corrected chi connectivity index (χ1v) is 7.20. The van der Waals surface area contributed by atoms with E-state index in [-0.39, 0.29) is 0 Å².